The molecule has 0 radical (unpaired) electrons. The summed E-state index contributed by atoms with van der Waals surface area (Å²) in [6.07, 6.45) is 0. The van der Waals surface area contributed by atoms with Crippen molar-refractivity contribution in [2.45, 2.75) is 19.6 Å². The highest BCUT2D eigenvalue weighted by Crippen LogP contribution is 2.35. The lowest BCUT2D eigenvalue weighted by molar-refractivity contribution is 0.244. The topological polar surface area (TPSA) is 106 Å². The number of alkyl halides is 1. The van der Waals surface area contributed by atoms with Crippen LogP contribution in [0.1, 0.15) is 29.7 Å². The molecular weight excluding hydrogens is 345 g/mol. The number of amides is 2. The van der Waals surface area contributed by atoms with Gasteiger partial charge in [-0.15, -0.1) is 0 Å². The molecule has 1 atom stereocenters. The number of nitrogens with zero attached hydrogens (tertiary/aromatic N) is 3. The number of nitrogens with one attached hydrogen (secondary N) is 1. The van der Waals surface area contributed by atoms with E-state index in [0.29, 0.717) is 39.3 Å². The Hall–Kier alpha value is -3.84. The zero-order chi connectivity index (χ0) is 19.6. The van der Waals surface area contributed by atoms with Crippen LogP contribution < -0.4 is 16.0 Å². The van der Waals surface area contributed by atoms with Gasteiger partial charge in [0.1, 0.15) is 6.67 Å². The second-order valence-electron chi connectivity index (χ2n) is 6.09. The van der Waals surface area contributed by atoms with Crippen molar-refractivity contribution < 1.29 is 9.18 Å². The smallest absolute Gasteiger partial charge is 0.327 e. The third-order valence-corrected chi connectivity index (χ3v) is 4.46. The molecule has 0 spiro atoms. The number of nitrogens with two attached hydrogens (primary N) is 1. The molecule has 0 saturated heterocycles. The van der Waals surface area contributed by atoms with Gasteiger partial charge in [-0.3, -0.25) is 4.90 Å². The molecular formula is C20H16FN5O. The second-order valence-corrected chi connectivity index (χ2v) is 6.09. The van der Waals surface area contributed by atoms with Gasteiger partial charge in [-0.2, -0.15) is 10.5 Å². The lowest BCUT2D eigenvalue weighted by atomic mass is 9.93. The van der Waals surface area contributed by atoms with Crippen molar-refractivity contribution in [1.82, 2.24) is 5.32 Å². The van der Waals surface area contributed by atoms with Gasteiger partial charge in [0, 0.05) is 16.9 Å². The number of carbonyl (C=O) groups excluding carboxylic acids is 1. The first kappa shape index (κ1) is 18.0. The number of allylic oxidation sites excluding steroid dienone is 1. The quantitative estimate of drug-likeness (QED) is 0.813. The normalized spacial score (nSPS) is 16.5. The molecule has 0 fully saturated rings. The van der Waals surface area contributed by atoms with Crippen molar-refractivity contribution in [2.24, 2.45) is 0 Å². The van der Waals surface area contributed by atoms with Crippen LogP contribution in [0.2, 0.25) is 0 Å². The highest BCUT2D eigenvalue weighted by Gasteiger charge is 2.34. The van der Waals surface area contributed by atoms with Crippen LogP contribution in [0.15, 0.2) is 53.7 Å². The summed E-state index contributed by atoms with van der Waals surface area (Å²) in [6.45, 7) is 1.01. The van der Waals surface area contributed by atoms with Gasteiger partial charge in [-0.05, 0) is 36.8 Å². The molecule has 7 heteroatoms. The van der Waals surface area contributed by atoms with Crippen LogP contribution in [0.4, 0.5) is 20.6 Å². The molecule has 3 rings (SSSR count). The van der Waals surface area contributed by atoms with Crippen LogP contribution in [0.3, 0.4) is 0 Å². The summed E-state index contributed by atoms with van der Waals surface area (Å²) in [5, 5.41) is 21.5. The van der Waals surface area contributed by atoms with E-state index in [1.165, 1.54) is 11.0 Å². The molecule has 0 unspecified atom stereocenters. The highest BCUT2D eigenvalue weighted by molar-refractivity contribution is 5.97. The fraction of sp³-hybridized carbons (Fsp3) is 0.150. The van der Waals surface area contributed by atoms with Gasteiger partial charge >= 0.3 is 6.03 Å². The molecule has 2 amide bonds. The Morgan fingerprint density at radius 2 is 2.00 bits per heavy atom. The third-order valence-electron chi connectivity index (χ3n) is 4.46. The van der Waals surface area contributed by atoms with E-state index < -0.39 is 18.7 Å². The van der Waals surface area contributed by atoms with E-state index in [4.69, 9.17) is 11.0 Å². The van der Waals surface area contributed by atoms with Crippen molar-refractivity contribution in [3.63, 3.8) is 0 Å². The molecule has 0 aromatic heterocycles. The van der Waals surface area contributed by atoms with E-state index in [2.05, 4.69) is 11.4 Å². The Kier molecular flexibility index (Phi) is 4.78. The van der Waals surface area contributed by atoms with E-state index in [9.17, 15) is 14.4 Å². The van der Waals surface area contributed by atoms with Gasteiger partial charge in [-0.1, -0.05) is 18.2 Å². The molecule has 2 aromatic carbocycles. The number of halogens is 1. The lowest BCUT2D eigenvalue weighted by Crippen LogP contribution is -2.46. The van der Waals surface area contributed by atoms with Crippen molar-refractivity contribution in [2.75, 3.05) is 10.6 Å². The van der Waals surface area contributed by atoms with Crippen LogP contribution in [-0.4, -0.2) is 6.03 Å². The highest BCUT2D eigenvalue weighted by atomic mass is 19.1. The summed E-state index contributed by atoms with van der Waals surface area (Å²) in [7, 11) is 0. The molecule has 1 aliphatic rings. The summed E-state index contributed by atoms with van der Waals surface area (Å²) in [5.74, 6) is 0. The van der Waals surface area contributed by atoms with E-state index >= 15 is 0 Å². The monoisotopic (exact) mass is 361 g/mol. The van der Waals surface area contributed by atoms with Crippen LogP contribution in [-0.2, 0) is 6.67 Å². The van der Waals surface area contributed by atoms with Gasteiger partial charge in [0.25, 0.3) is 0 Å². The summed E-state index contributed by atoms with van der Waals surface area (Å²) in [4.78, 5) is 14.1. The number of hydrogen-bond donors (Lipinski definition) is 2. The molecule has 3 N–H and O–H groups in total. The van der Waals surface area contributed by atoms with Crippen LogP contribution >= 0.6 is 0 Å². The molecule has 27 heavy (non-hydrogen) atoms. The van der Waals surface area contributed by atoms with Crippen molar-refractivity contribution in [3.05, 3.63) is 70.4 Å². The van der Waals surface area contributed by atoms with Crippen LogP contribution in [0.5, 0.6) is 0 Å². The number of nitrogen functional groups attached to an aromatic ring is 1. The molecule has 0 bridgehead atoms. The molecule has 0 saturated carbocycles. The average molecular weight is 361 g/mol. The van der Waals surface area contributed by atoms with Crippen molar-refractivity contribution in [3.8, 4) is 12.1 Å². The predicted octanol–water partition coefficient (Wildman–Crippen LogP) is 3.68. The van der Waals surface area contributed by atoms with E-state index in [-0.39, 0.29) is 0 Å². The third kappa shape index (κ3) is 3.19. The molecule has 1 heterocycles. The summed E-state index contributed by atoms with van der Waals surface area (Å²) in [5.41, 5.74) is 8.93. The minimum Gasteiger partial charge on any atom is -0.398 e. The first-order valence-electron chi connectivity index (χ1n) is 8.16. The van der Waals surface area contributed by atoms with Crippen LogP contribution in [0.25, 0.3) is 0 Å². The Labute approximate surface area is 155 Å². The maximum absolute atomic E-state index is 13.0. The predicted molar refractivity (Wildman–Crippen MR) is 98.9 cm³/mol. The first-order valence-corrected chi connectivity index (χ1v) is 8.16. The zero-order valence-corrected chi connectivity index (χ0v) is 14.5. The maximum atomic E-state index is 13.0. The number of rotatable bonds is 3. The van der Waals surface area contributed by atoms with Crippen molar-refractivity contribution in [1.29, 1.82) is 10.5 Å². The van der Waals surface area contributed by atoms with Gasteiger partial charge in [0.05, 0.1) is 35.0 Å². The molecule has 2 aromatic rings. The Morgan fingerprint density at radius 3 is 2.63 bits per heavy atom. The van der Waals surface area contributed by atoms with E-state index in [1.54, 1.807) is 43.3 Å². The number of anilines is 2. The minimum absolute atomic E-state index is 0.313. The Morgan fingerprint density at radius 1 is 1.22 bits per heavy atom. The van der Waals surface area contributed by atoms with Gasteiger partial charge in [-0.25, -0.2) is 9.18 Å². The summed E-state index contributed by atoms with van der Waals surface area (Å²) >= 11 is 0. The molecule has 0 aliphatic carbocycles. The van der Waals surface area contributed by atoms with Crippen LogP contribution in [0, 0.1) is 22.7 Å². The van der Waals surface area contributed by atoms with Gasteiger partial charge in [0.2, 0.25) is 0 Å². The van der Waals surface area contributed by atoms with Gasteiger partial charge in [0.15, 0.2) is 0 Å². The van der Waals surface area contributed by atoms with E-state index in [1.807, 2.05) is 6.07 Å². The fourth-order valence-electron chi connectivity index (χ4n) is 3.12. The lowest BCUT2D eigenvalue weighted by Gasteiger charge is -2.34. The summed E-state index contributed by atoms with van der Waals surface area (Å²) in [6, 6.07) is 14.2. The zero-order valence-electron chi connectivity index (χ0n) is 14.5. The number of urea groups is 1. The molecule has 1 aliphatic heterocycles. The molecule has 6 nitrogen and oxygen atoms in total. The number of benzene rings is 2. The number of nitriles is 2. The SMILES string of the molecule is CC1=C(C#N)[C@@H](c2ccc(C#N)cc2N)NC(=O)N1c1cccc(CF)c1. The number of hydrogen-bond acceptors (Lipinski definition) is 4. The minimum atomic E-state index is -0.726. The second kappa shape index (κ2) is 7.19. The number of carbonyl (C=O) groups is 1. The van der Waals surface area contributed by atoms with Crippen molar-refractivity contribution >= 4 is 17.4 Å². The molecule has 134 valence electrons. The average Bonchev–Trinajstić information content (AvgIpc) is 2.67. The maximum Gasteiger partial charge on any atom is 0.327 e. The standard InChI is InChI=1S/C20H16FN5O/c1-12-17(11-23)19(16-6-5-14(10-22)8-18(16)24)25-20(27)26(12)15-4-2-3-13(7-15)9-21/h2-8,19H,9,24H2,1H3,(H,25,27)/t19-/m1/s1. The summed E-state index contributed by atoms with van der Waals surface area (Å²) < 4.78 is 13.0. The van der Waals surface area contributed by atoms with E-state index in [0.717, 1.165) is 0 Å². The largest absolute Gasteiger partial charge is 0.398 e. The van der Waals surface area contributed by atoms with Gasteiger partial charge < -0.3 is 11.1 Å². The Balaban J connectivity index is 2.09. The first-order chi connectivity index (χ1) is 13.0. The fourth-order valence-corrected chi connectivity index (χ4v) is 3.12. The Bertz CT molecular complexity index is 1030.